The number of piperazine rings is 1. The summed E-state index contributed by atoms with van der Waals surface area (Å²) in [4.78, 5) is 26.3. The molecule has 0 aliphatic carbocycles. The molecule has 162 valence electrons. The van der Waals surface area contributed by atoms with Crippen LogP contribution < -0.4 is 4.74 Å². The highest BCUT2D eigenvalue weighted by Crippen LogP contribution is 2.27. The van der Waals surface area contributed by atoms with Crippen LogP contribution in [0.5, 0.6) is 5.75 Å². The average molecular weight is 439 g/mol. The van der Waals surface area contributed by atoms with E-state index in [9.17, 15) is 36.5 Å². The summed E-state index contributed by atoms with van der Waals surface area (Å²) in [6, 6.07) is 2.87. The van der Waals surface area contributed by atoms with Crippen molar-refractivity contribution in [2.75, 3.05) is 51.3 Å². The van der Waals surface area contributed by atoms with Crippen LogP contribution in [0.3, 0.4) is 0 Å². The van der Waals surface area contributed by atoms with Gasteiger partial charge in [-0.1, -0.05) is 0 Å². The summed E-state index contributed by atoms with van der Waals surface area (Å²) in [5.74, 6) is -1.02. The van der Waals surface area contributed by atoms with E-state index in [0.29, 0.717) is 19.6 Å². The lowest BCUT2D eigenvalue weighted by atomic mass is 10.1. The van der Waals surface area contributed by atoms with Gasteiger partial charge in [0.15, 0.2) is 6.61 Å². The molecule has 1 amide bonds. The van der Waals surface area contributed by atoms with E-state index in [1.54, 1.807) is 0 Å². The molecule has 0 bridgehead atoms. The quantitative estimate of drug-likeness (QED) is 0.466. The maximum Gasteiger partial charge on any atom is 0.422 e. The van der Waals surface area contributed by atoms with Crippen molar-refractivity contribution < 1.29 is 36.0 Å². The number of amides is 1. The zero-order chi connectivity index (χ0) is 21.8. The molecule has 0 atom stereocenters. The molecule has 1 aromatic carbocycles. The molecule has 9 nitrogen and oxygen atoms in total. The van der Waals surface area contributed by atoms with Gasteiger partial charge in [0.25, 0.3) is 11.6 Å². The van der Waals surface area contributed by atoms with Crippen LogP contribution in [0.1, 0.15) is 10.4 Å². The SMILES string of the molecule is CS(=O)(=O)CCN1CCN(C(=O)c2cc(OCC(F)(F)F)ccc2[N+](=O)[O-])CC1. The van der Waals surface area contributed by atoms with E-state index < -0.39 is 39.1 Å². The Hall–Kier alpha value is -2.41. The Bertz CT molecular complexity index is 867. The van der Waals surface area contributed by atoms with Gasteiger partial charge in [-0.05, 0) is 12.1 Å². The number of sulfone groups is 1. The molecule has 2 rings (SSSR count). The highest BCUT2D eigenvalue weighted by Gasteiger charge is 2.31. The number of ether oxygens (including phenoxy) is 1. The monoisotopic (exact) mass is 439 g/mol. The molecule has 0 spiro atoms. The Morgan fingerprint density at radius 3 is 2.38 bits per heavy atom. The van der Waals surface area contributed by atoms with Gasteiger partial charge in [0.2, 0.25) is 0 Å². The minimum Gasteiger partial charge on any atom is -0.484 e. The third-order valence-electron chi connectivity index (χ3n) is 4.24. The van der Waals surface area contributed by atoms with Crippen molar-refractivity contribution in [3.8, 4) is 5.75 Å². The summed E-state index contributed by atoms with van der Waals surface area (Å²) in [5, 5.41) is 11.2. The molecule has 0 saturated carbocycles. The Morgan fingerprint density at radius 2 is 1.86 bits per heavy atom. The molecular formula is C16H20F3N3O6S. The van der Waals surface area contributed by atoms with Crippen LogP contribution in [0.15, 0.2) is 18.2 Å². The Kier molecular flexibility index (Phi) is 7.06. The van der Waals surface area contributed by atoms with Crippen molar-refractivity contribution in [1.29, 1.82) is 0 Å². The van der Waals surface area contributed by atoms with E-state index in [1.165, 1.54) is 4.90 Å². The summed E-state index contributed by atoms with van der Waals surface area (Å²) in [6.45, 7) is -0.126. The molecular weight excluding hydrogens is 419 g/mol. The minimum atomic E-state index is -4.59. The van der Waals surface area contributed by atoms with Gasteiger partial charge in [-0.3, -0.25) is 19.8 Å². The third kappa shape index (κ3) is 7.16. The molecule has 1 aromatic rings. The first-order chi connectivity index (χ1) is 13.4. The highest BCUT2D eigenvalue weighted by atomic mass is 32.2. The minimum absolute atomic E-state index is 0.0228. The molecule has 29 heavy (non-hydrogen) atoms. The zero-order valence-corrected chi connectivity index (χ0v) is 16.3. The van der Waals surface area contributed by atoms with Crippen LogP contribution in [-0.2, 0) is 9.84 Å². The number of nitro benzene ring substituents is 1. The number of rotatable bonds is 7. The third-order valence-corrected chi connectivity index (χ3v) is 5.16. The molecule has 13 heteroatoms. The second kappa shape index (κ2) is 8.95. The van der Waals surface area contributed by atoms with E-state index in [0.717, 1.165) is 24.5 Å². The van der Waals surface area contributed by atoms with Gasteiger partial charge < -0.3 is 9.64 Å². The summed E-state index contributed by atoms with van der Waals surface area (Å²) in [5.41, 5.74) is -0.895. The first-order valence-corrected chi connectivity index (χ1v) is 10.6. The number of nitrogens with zero attached hydrogens (tertiary/aromatic N) is 3. The van der Waals surface area contributed by atoms with Crippen molar-refractivity contribution in [1.82, 2.24) is 9.80 Å². The fraction of sp³-hybridized carbons (Fsp3) is 0.562. The van der Waals surface area contributed by atoms with E-state index in [-0.39, 0.29) is 30.2 Å². The molecule has 0 N–H and O–H groups in total. The van der Waals surface area contributed by atoms with E-state index in [2.05, 4.69) is 4.74 Å². The first-order valence-electron chi connectivity index (χ1n) is 8.53. The molecule has 1 heterocycles. The van der Waals surface area contributed by atoms with Gasteiger partial charge in [0, 0.05) is 45.0 Å². The van der Waals surface area contributed by atoms with Gasteiger partial charge in [-0.15, -0.1) is 0 Å². The second-order valence-electron chi connectivity index (χ2n) is 6.60. The zero-order valence-electron chi connectivity index (χ0n) is 15.5. The van der Waals surface area contributed by atoms with Crippen LogP contribution >= 0.6 is 0 Å². The summed E-state index contributed by atoms with van der Waals surface area (Å²) >= 11 is 0. The Morgan fingerprint density at radius 1 is 1.24 bits per heavy atom. The molecule has 1 saturated heterocycles. The van der Waals surface area contributed by atoms with Gasteiger partial charge in [-0.2, -0.15) is 13.2 Å². The van der Waals surface area contributed by atoms with Crippen molar-refractivity contribution in [3.63, 3.8) is 0 Å². The van der Waals surface area contributed by atoms with Crippen molar-refractivity contribution in [3.05, 3.63) is 33.9 Å². The van der Waals surface area contributed by atoms with Crippen molar-refractivity contribution in [2.24, 2.45) is 0 Å². The Labute approximate surface area is 165 Å². The van der Waals surface area contributed by atoms with Crippen molar-refractivity contribution in [2.45, 2.75) is 6.18 Å². The van der Waals surface area contributed by atoms with Gasteiger partial charge in [0.1, 0.15) is 21.2 Å². The summed E-state index contributed by atoms with van der Waals surface area (Å²) in [6.07, 6.45) is -3.46. The number of hydrogen-bond donors (Lipinski definition) is 0. The van der Waals surface area contributed by atoms with Crippen LogP contribution in [0, 0.1) is 10.1 Å². The highest BCUT2D eigenvalue weighted by molar-refractivity contribution is 7.90. The maximum absolute atomic E-state index is 12.7. The lowest BCUT2D eigenvalue weighted by Crippen LogP contribution is -2.49. The summed E-state index contributed by atoms with van der Waals surface area (Å²) < 4.78 is 64.0. The number of nitro groups is 1. The van der Waals surface area contributed by atoms with Gasteiger partial charge in [0.05, 0.1) is 10.7 Å². The number of benzene rings is 1. The average Bonchev–Trinajstić information content (AvgIpc) is 2.63. The Balaban J connectivity index is 2.09. The first kappa shape index (κ1) is 22.9. The molecule has 1 fully saturated rings. The fourth-order valence-corrected chi connectivity index (χ4v) is 3.33. The molecule has 0 radical (unpaired) electrons. The summed E-state index contributed by atoms with van der Waals surface area (Å²) in [7, 11) is -3.12. The van der Waals surface area contributed by atoms with E-state index in [4.69, 9.17) is 0 Å². The topological polar surface area (TPSA) is 110 Å². The van der Waals surface area contributed by atoms with Crippen LogP contribution in [0.25, 0.3) is 0 Å². The standard InChI is InChI=1S/C16H20F3N3O6S/c1-29(26,27)9-8-20-4-6-21(7-5-20)15(23)13-10-12(28-11-16(17,18)19)2-3-14(13)22(24)25/h2-3,10H,4-9,11H2,1H3. The number of carbonyl (C=O) groups is 1. The van der Waals surface area contributed by atoms with Gasteiger partial charge >= 0.3 is 6.18 Å². The molecule has 1 aliphatic rings. The van der Waals surface area contributed by atoms with E-state index in [1.807, 2.05) is 4.90 Å². The van der Waals surface area contributed by atoms with E-state index >= 15 is 0 Å². The smallest absolute Gasteiger partial charge is 0.422 e. The number of halogens is 3. The second-order valence-corrected chi connectivity index (χ2v) is 8.86. The van der Waals surface area contributed by atoms with Crippen LogP contribution in [0.2, 0.25) is 0 Å². The van der Waals surface area contributed by atoms with Crippen LogP contribution in [0.4, 0.5) is 18.9 Å². The molecule has 1 aliphatic heterocycles. The molecule has 0 aromatic heterocycles. The lowest BCUT2D eigenvalue weighted by Gasteiger charge is -2.34. The van der Waals surface area contributed by atoms with Gasteiger partial charge in [-0.25, -0.2) is 8.42 Å². The fourth-order valence-electron chi connectivity index (χ4n) is 2.74. The predicted molar refractivity (Wildman–Crippen MR) is 96.7 cm³/mol. The lowest BCUT2D eigenvalue weighted by molar-refractivity contribution is -0.385. The maximum atomic E-state index is 12.7. The van der Waals surface area contributed by atoms with Crippen LogP contribution in [-0.4, -0.2) is 86.6 Å². The predicted octanol–water partition coefficient (Wildman–Crippen LogP) is 1.34. The normalized spacial score (nSPS) is 15.9. The molecule has 0 unspecified atom stereocenters. The van der Waals surface area contributed by atoms with Crippen molar-refractivity contribution >= 4 is 21.4 Å². The number of carbonyl (C=O) groups excluding carboxylic acids is 1. The number of alkyl halides is 3. The number of hydrogen-bond acceptors (Lipinski definition) is 7. The largest absolute Gasteiger partial charge is 0.484 e.